The first kappa shape index (κ1) is 33.8. The van der Waals surface area contributed by atoms with Crippen molar-refractivity contribution in [1.82, 2.24) is 0 Å². The first-order valence-corrected chi connectivity index (χ1v) is 18.0. The molecule has 0 N–H and O–H groups in total. The molecule has 238 valence electrons. The third-order valence-electron chi connectivity index (χ3n) is 8.66. The lowest BCUT2D eigenvalue weighted by molar-refractivity contribution is -0.438. The van der Waals surface area contributed by atoms with Gasteiger partial charge in [0.2, 0.25) is 5.69 Å². The van der Waals surface area contributed by atoms with Gasteiger partial charge < -0.3 is 14.0 Å². The lowest BCUT2D eigenvalue weighted by atomic mass is 9.81. The van der Waals surface area contributed by atoms with Crippen molar-refractivity contribution >= 4 is 43.1 Å². The maximum atomic E-state index is 12.2. The number of rotatable bonds is 13. The summed E-state index contributed by atoms with van der Waals surface area (Å²) in [6, 6.07) is 13.8. The molecule has 2 aromatic rings. The van der Waals surface area contributed by atoms with E-state index in [0.29, 0.717) is 31.5 Å². The third kappa shape index (κ3) is 7.39. The van der Waals surface area contributed by atoms with Gasteiger partial charge in [-0.2, -0.15) is 4.58 Å². The topological polar surface area (TPSA) is 138 Å². The molecular weight excluding hydrogens is 601 g/mol. The van der Waals surface area contributed by atoms with Crippen molar-refractivity contribution in [1.29, 1.82) is 0 Å². The molecule has 0 saturated heterocycles. The minimum Gasteiger partial charge on any atom is -0.748 e. The fourth-order valence-corrected chi connectivity index (χ4v) is 7.46. The minimum atomic E-state index is -4.29. The first-order chi connectivity index (χ1) is 20.4. The lowest BCUT2D eigenvalue weighted by Gasteiger charge is -2.27. The van der Waals surface area contributed by atoms with Crippen LogP contribution >= 0.6 is 0 Å². The predicted octanol–water partition coefficient (Wildman–Crippen LogP) is 5.15. The zero-order valence-electron chi connectivity index (χ0n) is 26.0. The molecule has 2 aliphatic heterocycles. The Bertz CT molecular complexity index is 1750. The second-order valence-corrected chi connectivity index (χ2v) is 15.6. The Morgan fingerprint density at radius 2 is 1.50 bits per heavy atom. The fourth-order valence-electron chi connectivity index (χ4n) is 6.35. The molecule has 0 saturated carbocycles. The zero-order chi connectivity index (χ0) is 32.5. The number of carbonyl (C=O) groups is 1. The highest BCUT2D eigenvalue weighted by Gasteiger charge is 2.44. The number of anilines is 1. The molecule has 0 spiro atoms. The summed E-state index contributed by atoms with van der Waals surface area (Å²) in [6.45, 7) is 11.1. The van der Waals surface area contributed by atoms with Crippen LogP contribution in [0.2, 0.25) is 0 Å². The van der Waals surface area contributed by atoms with E-state index >= 15 is 0 Å². The smallest absolute Gasteiger partial charge is 0.209 e. The Balaban J connectivity index is 1.70. The van der Waals surface area contributed by atoms with E-state index in [0.717, 1.165) is 33.9 Å². The van der Waals surface area contributed by atoms with Gasteiger partial charge in [0.1, 0.15) is 6.54 Å². The number of benzene rings is 2. The summed E-state index contributed by atoms with van der Waals surface area (Å²) in [5.41, 5.74) is 6.00. The molecule has 0 aromatic heterocycles. The van der Waals surface area contributed by atoms with Gasteiger partial charge in [0.25, 0.3) is 0 Å². The lowest BCUT2D eigenvalue weighted by Crippen LogP contribution is -2.28. The van der Waals surface area contributed by atoms with E-state index in [-0.39, 0.29) is 29.8 Å². The SMILES string of the molecule is CC(=O)c1ccc2c(c1)C(C)(C)/C(=C\C=C\C1=[N+](CCCCS(=O)(=O)[O-])c3ccccc3C1(C)C)N2CCCCS(=O)(=O)[O-]. The van der Waals surface area contributed by atoms with Gasteiger partial charge in [-0.1, -0.05) is 38.1 Å². The molecular formula is C33H41N2O7S2-. The van der Waals surface area contributed by atoms with E-state index in [2.05, 4.69) is 49.3 Å². The average molecular weight is 642 g/mol. The molecule has 44 heavy (non-hydrogen) atoms. The number of para-hydroxylation sites is 1. The highest BCUT2D eigenvalue weighted by atomic mass is 32.2. The van der Waals surface area contributed by atoms with Crippen LogP contribution in [-0.4, -0.2) is 66.6 Å². The summed E-state index contributed by atoms with van der Waals surface area (Å²) in [5.74, 6) is -0.828. The van der Waals surface area contributed by atoms with E-state index in [1.165, 1.54) is 6.92 Å². The number of unbranched alkanes of at least 4 members (excludes halogenated alkanes) is 2. The van der Waals surface area contributed by atoms with E-state index in [1.807, 2.05) is 42.5 Å². The van der Waals surface area contributed by atoms with Crippen molar-refractivity contribution in [3.05, 3.63) is 83.1 Å². The molecule has 0 fully saturated rings. The van der Waals surface area contributed by atoms with Crippen LogP contribution in [0, 0.1) is 0 Å². The summed E-state index contributed by atoms with van der Waals surface area (Å²) in [4.78, 5) is 14.3. The highest BCUT2D eigenvalue weighted by Crippen LogP contribution is 2.48. The van der Waals surface area contributed by atoms with Crippen molar-refractivity contribution in [3.8, 4) is 0 Å². The van der Waals surface area contributed by atoms with Crippen LogP contribution in [0.3, 0.4) is 0 Å². The summed E-state index contributed by atoms with van der Waals surface area (Å²) in [6.07, 6.45) is 7.69. The number of hydrogen-bond donors (Lipinski definition) is 0. The summed E-state index contributed by atoms with van der Waals surface area (Å²) in [7, 11) is -8.56. The molecule has 2 aliphatic rings. The van der Waals surface area contributed by atoms with Crippen molar-refractivity contribution in [2.45, 2.75) is 71.1 Å². The van der Waals surface area contributed by atoms with Gasteiger partial charge in [-0.25, -0.2) is 16.8 Å². The molecule has 2 heterocycles. The standard InChI is InChI=1S/C33H42N2O7S2/c1-24(36)25-17-18-29-27(23-25)33(4,5)31(35(29)20-9-11-22-44(40,41)42)16-12-15-30-32(2,3)26-13-6-7-14-28(26)34(30)19-8-10-21-43(37,38)39/h6-7,12-18,23H,8-11,19-22H2,1-5H3,(H-,37,38,39,40,41,42)/p-1. The van der Waals surface area contributed by atoms with Gasteiger partial charge in [0, 0.05) is 64.5 Å². The van der Waals surface area contributed by atoms with E-state index in [1.54, 1.807) is 6.07 Å². The molecule has 0 unspecified atom stereocenters. The number of fused-ring (bicyclic) bond motifs is 2. The van der Waals surface area contributed by atoms with E-state index in [9.17, 15) is 30.7 Å². The Hall–Kier alpha value is -3.12. The van der Waals surface area contributed by atoms with Crippen LogP contribution in [0.5, 0.6) is 0 Å². The van der Waals surface area contributed by atoms with Crippen LogP contribution in [0.4, 0.5) is 11.4 Å². The Labute approximate surface area is 261 Å². The number of nitrogens with zero attached hydrogens (tertiary/aromatic N) is 2. The van der Waals surface area contributed by atoms with E-state index < -0.39 is 31.4 Å². The van der Waals surface area contributed by atoms with Crippen molar-refractivity contribution in [2.24, 2.45) is 0 Å². The van der Waals surface area contributed by atoms with Gasteiger partial charge in [0.15, 0.2) is 11.5 Å². The van der Waals surface area contributed by atoms with Crippen LogP contribution in [0.15, 0.2) is 66.4 Å². The molecule has 0 radical (unpaired) electrons. The molecule has 0 bridgehead atoms. The Kier molecular flexibility index (Phi) is 9.75. The second kappa shape index (κ2) is 12.7. The summed E-state index contributed by atoms with van der Waals surface area (Å²) < 4.78 is 69.2. The second-order valence-electron chi connectivity index (χ2n) is 12.6. The number of ketones is 1. The quantitative estimate of drug-likeness (QED) is 0.127. The largest absolute Gasteiger partial charge is 0.748 e. The number of hydrogen-bond acceptors (Lipinski definition) is 8. The number of carbonyl (C=O) groups excluding carboxylic acids is 1. The van der Waals surface area contributed by atoms with Gasteiger partial charge in [-0.15, -0.1) is 0 Å². The molecule has 2 aromatic carbocycles. The Morgan fingerprint density at radius 3 is 2.14 bits per heavy atom. The van der Waals surface area contributed by atoms with Crippen molar-refractivity contribution in [3.63, 3.8) is 0 Å². The monoisotopic (exact) mass is 641 g/mol. The number of Topliss-reactive ketones (excluding diaryl/α,β-unsaturated/α-hetero) is 1. The maximum absolute atomic E-state index is 12.2. The molecule has 0 atom stereocenters. The molecule has 9 nitrogen and oxygen atoms in total. The third-order valence-corrected chi connectivity index (χ3v) is 10.2. The van der Waals surface area contributed by atoms with Crippen molar-refractivity contribution < 1.29 is 35.3 Å². The van der Waals surface area contributed by atoms with Crippen LogP contribution in [0.1, 0.15) is 81.8 Å². The Morgan fingerprint density at radius 1 is 0.864 bits per heavy atom. The van der Waals surface area contributed by atoms with Crippen molar-refractivity contribution in [2.75, 3.05) is 29.5 Å². The number of allylic oxidation sites excluding steroid dienone is 4. The predicted molar refractivity (Wildman–Crippen MR) is 171 cm³/mol. The van der Waals surface area contributed by atoms with Gasteiger partial charge in [0.05, 0.1) is 25.7 Å². The maximum Gasteiger partial charge on any atom is 0.209 e. The van der Waals surface area contributed by atoms with Gasteiger partial charge >= 0.3 is 0 Å². The summed E-state index contributed by atoms with van der Waals surface area (Å²) >= 11 is 0. The molecule has 11 heteroatoms. The van der Waals surface area contributed by atoms with Crippen LogP contribution in [0.25, 0.3) is 0 Å². The molecule has 4 rings (SSSR count). The molecule has 0 amide bonds. The fraction of sp³-hybridized carbons (Fsp3) is 0.455. The average Bonchev–Trinajstić information content (AvgIpc) is 3.26. The van der Waals surface area contributed by atoms with Gasteiger partial charge in [-0.05, 0) is 69.9 Å². The summed E-state index contributed by atoms with van der Waals surface area (Å²) in [5, 5.41) is 0. The van der Waals surface area contributed by atoms with Crippen LogP contribution in [-0.2, 0) is 31.1 Å². The van der Waals surface area contributed by atoms with E-state index in [4.69, 9.17) is 0 Å². The molecule has 0 aliphatic carbocycles. The zero-order valence-corrected chi connectivity index (χ0v) is 27.6. The normalized spacial score (nSPS) is 18.3. The first-order valence-electron chi connectivity index (χ1n) is 14.9. The van der Waals surface area contributed by atoms with Crippen LogP contribution < -0.4 is 4.90 Å². The van der Waals surface area contributed by atoms with Gasteiger partial charge in [-0.3, -0.25) is 4.79 Å². The minimum absolute atomic E-state index is 0.0273. The highest BCUT2D eigenvalue weighted by molar-refractivity contribution is 7.85.